The van der Waals surface area contributed by atoms with Gasteiger partial charge in [0.15, 0.2) is 5.65 Å². The second kappa shape index (κ2) is 4.57. The summed E-state index contributed by atoms with van der Waals surface area (Å²) in [5, 5.41) is 0.635. The molecule has 2 heterocycles. The highest BCUT2D eigenvalue weighted by Crippen LogP contribution is 2.27. The van der Waals surface area contributed by atoms with Crippen LogP contribution >= 0.6 is 0 Å². The Kier molecular flexibility index (Phi) is 2.87. The molecule has 0 amide bonds. The van der Waals surface area contributed by atoms with Gasteiger partial charge in [-0.2, -0.15) is 0 Å². The van der Waals surface area contributed by atoms with Crippen LogP contribution in [0.25, 0.3) is 11.0 Å². The maximum Gasteiger partial charge on any atom is 0.210 e. The fourth-order valence-electron chi connectivity index (χ4n) is 1.94. The number of nitrogens with two attached hydrogens (primary N) is 1. The molecule has 0 bridgehead atoms. The molecule has 2 N–H and O–H groups in total. The van der Waals surface area contributed by atoms with Crippen LogP contribution in [0.2, 0.25) is 0 Å². The van der Waals surface area contributed by atoms with Crippen molar-refractivity contribution in [1.29, 1.82) is 0 Å². The van der Waals surface area contributed by atoms with Gasteiger partial charge in [0.25, 0.3) is 0 Å². The first-order chi connectivity index (χ1) is 9.59. The Morgan fingerprint density at radius 1 is 1.00 bits per heavy atom. The van der Waals surface area contributed by atoms with Crippen molar-refractivity contribution in [1.82, 2.24) is 9.97 Å². The van der Waals surface area contributed by atoms with E-state index in [0.29, 0.717) is 11.0 Å². The molecular weight excluding hydrogens is 274 g/mol. The molecule has 3 rings (SSSR count). The van der Waals surface area contributed by atoms with Crippen molar-refractivity contribution in [3.8, 4) is 0 Å². The summed E-state index contributed by atoms with van der Waals surface area (Å²) in [4.78, 5) is 8.30. The van der Waals surface area contributed by atoms with E-state index >= 15 is 0 Å². The Hall–Kier alpha value is -2.47. The lowest BCUT2D eigenvalue weighted by molar-refractivity contribution is 0.596. The van der Waals surface area contributed by atoms with Gasteiger partial charge in [0, 0.05) is 11.6 Å². The molecule has 6 heteroatoms. The van der Waals surface area contributed by atoms with E-state index in [-0.39, 0.29) is 15.6 Å². The average Bonchev–Trinajstić information content (AvgIpc) is 2.47. The Balaban J connectivity index is 2.27. The van der Waals surface area contributed by atoms with Crippen LogP contribution < -0.4 is 5.73 Å². The fraction of sp³-hybridized carbons (Fsp3) is 0. The molecular formula is C14H11N3O2S. The van der Waals surface area contributed by atoms with E-state index in [4.69, 9.17) is 5.73 Å². The molecule has 0 aliphatic rings. The minimum absolute atomic E-state index is 0.00389. The number of hydrogen-bond acceptors (Lipinski definition) is 5. The summed E-state index contributed by atoms with van der Waals surface area (Å²) in [6.45, 7) is 0. The summed E-state index contributed by atoms with van der Waals surface area (Å²) in [5.74, 6) is -0.0416. The highest BCUT2D eigenvalue weighted by atomic mass is 32.2. The van der Waals surface area contributed by atoms with Gasteiger partial charge in [0.05, 0.1) is 4.90 Å². The van der Waals surface area contributed by atoms with Gasteiger partial charge in [-0.15, -0.1) is 0 Å². The summed E-state index contributed by atoms with van der Waals surface area (Å²) in [6.07, 6.45) is 1.58. The Morgan fingerprint density at radius 3 is 2.50 bits per heavy atom. The van der Waals surface area contributed by atoms with E-state index < -0.39 is 9.84 Å². The minimum atomic E-state index is -3.68. The van der Waals surface area contributed by atoms with E-state index in [1.54, 1.807) is 36.5 Å². The van der Waals surface area contributed by atoms with E-state index in [1.807, 2.05) is 0 Å². The smallest absolute Gasteiger partial charge is 0.210 e. The van der Waals surface area contributed by atoms with Crippen molar-refractivity contribution in [2.75, 3.05) is 5.73 Å². The Labute approximate surface area is 116 Å². The highest BCUT2D eigenvalue weighted by molar-refractivity contribution is 7.91. The summed E-state index contributed by atoms with van der Waals surface area (Å²) in [6, 6.07) is 13.1. The molecule has 0 fully saturated rings. The molecule has 0 radical (unpaired) electrons. The molecule has 5 nitrogen and oxygen atoms in total. The van der Waals surface area contributed by atoms with Gasteiger partial charge in [-0.3, -0.25) is 0 Å². The van der Waals surface area contributed by atoms with Crippen molar-refractivity contribution >= 4 is 26.7 Å². The van der Waals surface area contributed by atoms with Gasteiger partial charge >= 0.3 is 0 Å². The van der Waals surface area contributed by atoms with Crippen molar-refractivity contribution in [3.63, 3.8) is 0 Å². The van der Waals surface area contributed by atoms with E-state index in [0.717, 1.165) is 0 Å². The topological polar surface area (TPSA) is 85.9 Å². The predicted molar refractivity (Wildman–Crippen MR) is 75.8 cm³/mol. The number of benzene rings is 1. The molecule has 0 saturated carbocycles. The lowest BCUT2D eigenvalue weighted by atomic mass is 10.3. The monoisotopic (exact) mass is 285 g/mol. The standard InChI is InChI=1S/C14H11N3O2S/c15-13-12(9-10-5-4-8-16-14(10)17-13)20(18,19)11-6-2-1-3-7-11/h1-9H,(H2,15,16,17). The van der Waals surface area contributed by atoms with Crippen molar-refractivity contribution in [2.45, 2.75) is 9.79 Å². The summed E-state index contributed by atoms with van der Waals surface area (Å²) in [5.41, 5.74) is 6.21. The summed E-state index contributed by atoms with van der Waals surface area (Å²) in [7, 11) is -3.68. The number of anilines is 1. The SMILES string of the molecule is Nc1nc2ncccc2cc1S(=O)(=O)c1ccccc1. The third-order valence-corrected chi connectivity index (χ3v) is 4.72. The number of nitrogen functional groups attached to an aromatic ring is 1. The van der Waals surface area contributed by atoms with Crippen LogP contribution in [0.5, 0.6) is 0 Å². The van der Waals surface area contributed by atoms with E-state index in [2.05, 4.69) is 9.97 Å². The minimum Gasteiger partial charge on any atom is -0.383 e. The van der Waals surface area contributed by atoms with Crippen LogP contribution in [0.15, 0.2) is 64.5 Å². The zero-order valence-electron chi connectivity index (χ0n) is 10.4. The number of sulfone groups is 1. The number of nitrogens with zero attached hydrogens (tertiary/aromatic N) is 2. The lowest BCUT2D eigenvalue weighted by Gasteiger charge is -2.08. The van der Waals surface area contributed by atoms with Crippen LogP contribution in [-0.4, -0.2) is 18.4 Å². The summed E-state index contributed by atoms with van der Waals surface area (Å²) < 4.78 is 25.1. The second-order valence-electron chi connectivity index (χ2n) is 4.24. The van der Waals surface area contributed by atoms with Gasteiger partial charge in [-0.25, -0.2) is 18.4 Å². The quantitative estimate of drug-likeness (QED) is 0.778. The summed E-state index contributed by atoms with van der Waals surface area (Å²) >= 11 is 0. The zero-order valence-corrected chi connectivity index (χ0v) is 11.2. The molecule has 1 aromatic carbocycles. The van der Waals surface area contributed by atoms with E-state index in [1.165, 1.54) is 18.2 Å². The lowest BCUT2D eigenvalue weighted by Crippen LogP contribution is -2.07. The van der Waals surface area contributed by atoms with E-state index in [9.17, 15) is 8.42 Å². The Bertz CT molecular complexity index is 877. The maximum absolute atomic E-state index is 12.6. The van der Waals surface area contributed by atoms with Gasteiger partial charge in [0.2, 0.25) is 9.84 Å². The van der Waals surface area contributed by atoms with Crippen LogP contribution in [0.4, 0.5) is 5.82 Å². The van der Waals surface area contributed by atoms with Crippen LogP contribution in [-0.2, 0) is 9.84 Å². The van der Waals surface area contributed by atoms with Crippen LogP contribution in [0.3, 0.4) is 0 Å². The number of rotatable bonds is 2. The van der Waals surface area contributed by atoms with Crippen LogP contribution in [0, 0.1) is 0 Å². The Morgan fingerprint density at radius 2 is 1.75 bits per heavy atom. The number of aromatic nitrogens is 2. The maximum atomic E-state index is 12.6. The first kappa shape index (κ1) is 12.6. The number of hydrogen-bond donors (Lipinski definition) is 1. The molecule has 0 spiro atoms. The number of fused-ring (bicyclic) bond motifs is 1. The van der Waals surface area contributed by atoms with Gasteiger partial charge in [-0.1, -0.05) is 18.2 Å². The molecule has 0 aliphatic heterocycles. The third kappa shape index (κ3) is 2.00. The zero-order chi connectivity index (χ0) is 14.2. The average molecular weight is 285 g/mol. The fourth-order valence-corrected chi connectivity index (χ4v) is 3.31. The number of pyridine rings is 2. The molecule has 0 unspecified atom stereocenters. The van der Waals surface area contributed by atoms with Crippen LogP contribution in [0.1, 0.15) is 0 Å². The highest BCUT2D eigenvalue weighted by Gasteiger charge is 2.21. The molecule has 0 saturated heterocycles. The first-order valence-electron chi connectivity index (χ1n) is 5.90. The molecule has 0 aliphatic carbocycles. The third-order valence-electron chi connectivity index (χ3n) is 2.93. The molecule has 2 aromatic heterocycles. The van der Waals surface area contributed by atoms with Gasteiger partial charge < -0.3 is 5.73 Å². The molecule has 3 aromatic rings. The first-order valence-corrected chi connectivity index (χ1v) is 7.39. The van der Waals surface area contributed by atoms with Crippen molar-refractivity contribution in [3.05, 3.63) is 54.7 Å². The largest absolute Gasteiger partial charge is 0.383 e. The second-order valence-corrected chi connectivity index (χ2v) is 6.16. The molecule has 0 atom stereocenters. The van der Waals surface area contributed by atoms with Crippen molar-refractivity contribution in [2.24, 2.45) is 0 Å². The van der Waals surface area contributed by atoms with Gasteiger partial charge in [-0.05, 0) is 30.3 Å². The normalized spacial score (nSPS) is 11.6. The molecule has 20 heavy (non-hydrogen) atoms. The van der Waals surface area contributed by atoms with Gasteiger partial charge in [0.1, 0.15) is 10.7 Å². The predicted octanol–water partition coefficient (Wildman–Crippen LogP) is 2.04. The molecule has 100 valence electrons. The van der Waals surface area contributed by atoms with Crippen molar-refractivity contribution < 1.29 is 8.42 Å².